The average molecular weight is 267 g/mol. The molecule has 5 nitrogen and oxygen atoms in total. The number of fused-ring (bicyclic) bond motifs is 1. The summed E-state index contributed by atoms with van der Waals surface area (Å²) in [7, 11) is 0. The fourth-order valence-electron chi connectivity index (χ4n) is 2.20. The second kappa shape index (κ2) is 5.69. The predicted molar refractivity (Wildman–Crippen MR) is 79.6 cm³/mol. The topological polar surface area (TPSA) is 55.6 Å². The summed E-state index contributed by atoms with van der Waals surface area (Å²) in [6.07, 6.45) is 4.55. The predicted octanol–water partition coefficient (Wildman–Crippen LogP) is 2.64. The van der Waals surface area contributed by atoms with Gasteiger partial charge in [-0.3, -0.25) is 4.68 Å². The van der Waals surface area contributed by atoms with Crippen molar-refractivity contribution in [3.63, 3.8) is 0 Å². The Hall–Kier alpha value is -2.43. The second-order valence-electron chi connectivity index (χ2n) is 4.79. The summed E-state index contributed by atoms with van der Waals surface area (Å²) in [5.74, 6) is 0.960. The molecule has 1 aromatic carbocycles. The lowest BCUT2D eigenvalue weighted by Gasteiger charge is -2.10. The first kappa shape index (κ1) is 12.6. The third-order valence-electron chi connectivity index (χ3n) is 3.24. The molecule has 0 saturated carbocycles. The molecule has 0 bridgehead atoms. The number of aromatic nitrogens is 4. The number of aryl methyl sites for hydroxylation is 2. The zero-order valence-corrected chi connectivity index (χ0v) is 11.5. The van der Waals surface area contributed by atoms with E-state index in [0.717, 1.165) is 30.8 Å². The van der Waals surface area contributed by atoms with Crippen molar-refractivity contribution in [1.82, 2.24) is 20.0 Å². The molecule has 3 rings (SSSR count). The Bertz CT molecular complexity index is 691. The summed E-state index contributed by atoms with van der Waals surface area (Å²) in [5.41, 5.74) is 2.20. The van der Waals surface area contributed by atoms with Gasteiger partial charge in [0.2, 0.25) is 0 Å². The van der Waals surface area contributed by atoms with Crippen molar-refractivity contribution in [2.75, 3.05) is 11.9 Å². The molecular formula is C15H17N5. The lowest BCUT2D eigenvalue weighted by Crippen LogP contribution is -2.09. The van der Waals surface area contributed by atoms with E-state index in [0.29, 0.717) is 0 Å². The second-order valence-corrected chi connectivity index (χ2v) is 4.79. The first-order chi connectivity index (χ1) is 9.83. The van der Waals surface area contributed by atoms with Crippen molar-refractivity contribution < 1.29 is 0 Å². The SMILES string of the molecule is Cc1cc2ccccc2nc1NCCCn1ccnn1. The molecule has 0 aliphatic carbocycles. The van der Waals surface area contributed by atoms with Gasteiger partial charge in [0, 0.05) is 24.7 Å². The van der Waals surface area contributed by atoms with E-state index in [9.17, 15) is 0 Å². The molecule has 0 aliphatic rings. The molecule has 1 N–H and O–H groups in total. The third-order valence-corrected chi connectivity index (χ3v) is 3.24. The van der Waals surface area contributed by atoms with Gasteiger partial charge in [-0.25, -0.2) is 4.98 Å². The first-order valence-corrected chi connectivity index (χ1v) is 6.77. The molecule has 0 fully saturated rings. The highest BCUT2D eigenvalue weighted by molar-refractivity contribution is 5.81. The smallest absolute Gasteiger partial charge is 0.129 e. The molecule has 0 spiro atoms. The zero-order valence-electron chi connectivity index (χ0n) is 11.5. The van der Waals surface area contributed by atoms with Crippen molar-refractivity contribution >= 4 is 16.7 Å². The van der Waals surface area contributed by atoms with Gasteiger partial charge >= 0.3 is 0 Å². The van der Waals surface area contributed by atoms with Crippen LogP contribution in [0.25, 0.3) is 10.9 Å². The number of nitrogens with zero attached hydrogens (tertiary/aromatic N) is 4. The van der Waals surface area contributed by atoms with Crippen molar-refractivity contribution in [3.8, 4) is 0 Å². The fraction of sp³-hybridized carbons (Fsp3) is 0.267. The molecule has 0 saturated heterocycles. The number of nitrogens with one attached hydrogen (secondary N) is 1. The van der Waals surface area contributed by atoms with Crippen LogP contribution in [-0.2, 0) is 6.54 Å². The summed E-state index contributed by atoms with van der Waals surface area (Å²) >= 11 is 0. The Morgan fingerprint density at radius 1 is 1.25 bits per heavy atom. The molecule has 3 aromatic rings. The van der Waals surface area contributed by atoms with Crippen LogP contribution in [0.3, 0.4) is 0 Å². The zero-order chi connectivity index (χ0) is 13.8. The van der Waals surface area contributed by atoms with E-state index >= 15 is 0 Å². The molecule has 20 heavy (non-hydrogen) atoms. The lowest BCUT2D eigenvalue weighted by atomic mass is 10.1. The van der Waals surface area contributed by atoms with Crippen molar-refractivity contribution in [2.45, 2.75) is 19.9 Å². The summed E-state index contributed by atoms with van der Waals surface area (Å²) in [4.78, 5) is 4.66. The van der Waals surface area contributed by atoms with Crippen LogP contribution in [0.4, 0.5) is 5.82 Å². The van der Waals surface area contributed by atoms with Gasteiger partial charge in [0.1, 0.15) is 5.82 Å². The molecule has 0 radical (unpaired) electrons. The Labute approximate surface area is 117 Å². The van der Waals surface area contributed by atoms with E-state index in [2.05, 4.69) is 39.7 Å². The van der Waals surface area contributed by atoms with Crippen LogP contribution in [0.1, 0.15) is 12.0 Å². The van der Waals surface area contributed by atoms with Crippen molar-refractivity contribution in [2.24, 2.45) is 0 Å². The molecule has 0 atom stereocenters. The number of anilines is 1. The minimum atomic E-state index is 0.861. The molecule has 5 heteroatoms. The highest BCUT2D eigenvalue weighted by Crippen LogP contribution is 2.19. The maximum atomic E-state index is 4.66. The molecule has 0 amide bonds. The Morgan fingerprint density at radius 2 is 2.15 bits per heavy atom. The van der Waals surface area contributed by atoms with Gasteiger partial charge in [0.05, 0.1) is 11.7 Å². The van der Waals surface area contributed by atoms with Crippen molar-refractivity contribution in [1.29, 1.82) is 0 Å². The van der Waals surface area contributed by atoms with Gasteiger partial charge in [-0.2, -0.15) is 0 Å². The summed E-state index contributed by atoms with van der Waals surface area (Å²) < 4.78 is 1.84. The van der Waals surface area contributed by atoms with Gasteiger partial charge in [-0.15, -0.1) is 5.10 Å². The monoisotopic (exact) mass is 267 g/mol. The highest BCUT2D eigenvalue weighted by atomic mass is 15.4. The quantitative estimate of drug-likeness (QED) is 0.722. The van der Waals surface area contributed by atoms with E-state index in [4.69, 9.17) is 0 Å². The highest BCUT2D eigenvalue weighted by Gasteiger charge is 2.02. The average Bonchev–Trinajstić information content (AvgIpc) is 2.97. The van der Waals surface area contributed by atoms with Gasteiger partial charge in [0.15, 0.2) is 0 Å². The van der Waals surface area contributed by atoms with E-state index < -0.39 is 0 Å². The number of hydrogen-bond acceptors (Lipinski definition) is 4. The van der Waals surface area contributed by atoms with Crippen LogP contribution in [0.15, 0.2) is 42.7 Å². The number of para-hydroxylation sites is 1. The summed E-state index contributed by atoms with van der Waals surface area (Å²) in [5, 5.41) is 12.3. The van der Waals surface area contributed by atoms with Crippen LogP contribution < -0.4 is 5.32 Å². The lowest BCUT2D eigenvalue weighted by molar-refractivity contribution is 0.569. The summed E-state index contributed by atoms with van der Waals surface area (Å²) in [6.45, 7) is 3.81. The van der Waals surface area contributed by atoms with Crippen LogP contribution in [0.2, 0.25) is 0 Å². The van der Waals surface area contributed by atoms with Crippen LogP contribution in [0.5, 0.6) is 0 Å². The fourth-order valence-corrected chi connectivity index (χ4v) is 2.20. The molecule has 0 unspecified atom stereocenters. The molecule has 2 aromatic heterocycles. The molecule has 102 valence electrons. The molecule has 2 heterocycles. The van der Waals surface area contributed by atoms with Gasteiger partial charge in [0.25, 0.3) is 0 Å². The van der Waals surface area contributed by atoms with Crippen LogP contribution >= 0.6 is 0 Å². The van der Waals surface area contributed by atoms with E-state index in [1.54, 1.807) is 6.20 Å². The molecular weight excluding hydrogens is 250 g/mol. The van der Waals surface area contributed by atoms with Gasteiger partial charge in [-0.1, -0.05) is 23.4 Å². The summed E-state index contributed by atoms with van der Waals surface area (Å²) in [6, 6.07) is 10.3. The minimum Gasteiger partial charge on any atom is -0.370 e. The number of benzene rings is 1. The van der Waals surface area contributed by atoms with E-state index in [1.165, 1.54) is 10.9 Å². The number of hydrogen-bond donors (Lipinski definition) is 1. The maximum Gasteiger partial charge on any atom is 0.129 e. The van der Waals surface area contributed by atoms with E-state index in [1.807, 2.05) is 29.1 Å². The van der Waals surface area contributed by atoms with Gasteiger partial charge in [-0.05, 0) is 31.0 Å². The van der Waals surface area contributed by atoms with Crippen LogP contribution in [0, 0.1) is 6.92 Å². The third kappa shape index (κ3) is 2.77. The molecule has 0 aliphatic heterocycles. The number of rotatable bonds is 5. The Balaban J connectivity index is 1.63. The Kier molecular flexibility index (Phi) is 3.58. The largest absolute Gasteiger partial charge is 0.370 e. The normalized spacial score (nSPS) is 10.8. The van der Waals surface area contributed by atoms with Crippen molar-refractivity contribution in [3.05, 3.63) is 48.3 Å². The Morgan fingerprint density at radius 3 is 3.00 bits per heavy atom. The van der Waals surface area contributed by atoms with E-state index in [-0.39, 0.29) is 0 Å². The van der Waals surface area contributed by atoms with Gasteiger partial charge < -0.3 is 5.32 Å². The standard InChI is InChI=1S/C15H17N5/c1-12-11-13-5-2-3-6-14(13)18-15(12)16-7-4-9-20-10-8-17-19-20/h2-3,5-6,8,10-11H,4,7,9H2,1H3,(H,16,18). The van der Waals surface area contributed by atoms with Crippen LogP contribution in [-0.4, -0.2) is 26.5 Å². The first-order valence-electron chi connectivity index (χ1n) is 6.77. The maximum absolute atomic E-state index is 4.66. The minimum absolute atomic E-state index is 0.861. The number of pyridine rings is 1.